The van der Waals surface area contributed by atoms with Crippen molar-refractivity contribution in [1.29, 1.82) is 0 Å². The molecule has 1 aliphatic rings. The summed E-state index contributed by atoms with van der Waals surface area (Å²) in [4.78, 5) is 23.3. The van der Waals surface area contributed by atoms with Gasteiger partial charge in [0, 0.05) is 13.0 Å². The van der Waals surface area contributed by atoms with E-state index in [4.69, 9.17) is 4.42 Å². The number of carbonyl (C=O) groups excluding carboxylic acids is 2. The van der Waals surface area contributed by atoms with Crippen molar-refractivity contribution in [1.82, 2.24) is 10.6 Å². The van der Waals surface area contributed by atoms with Crippen LogP contribution in [0.2, 0.25) is 0 Å². The van der Waals surface area contributed by atoms with E-state index in [1.165, 1.54) is 6.26 Å². The number of carbonyl (C=O) groups is 2. The molecule has 20 heavy (non-hydrogen) atoms. The fraction of sp³-hybridized carbons (Fsp3) is 0.571. The lowest BCUT2D eigenvalue weighted by Crippen LogP contribution is -2.45. The molecule has 1 aliphatic carbocycles. The summed E-state index contributed by atoms with van der Waals surface area (Å²) in [5.74, 6) is -0.260. The van der Waals surface area contributed by atoms with E-state index in [0.717, 1.165) is 25.7 Å². The van der Waals surface area contributed by atoms with Crippen LogP contribution in [0.5, 0.6) is 0 Å². The fourth-order valence-corrected chi connectivity index (χ4v) is 2.34. The van der Waals surface area contributed by atoms with E-state index in [1.54, 1.807) is 12.1 Å². The van der Waals surface area contributed by atoms with Gasteiger partial charge in [0.1, 0.15) is 0 Å². The first-order valence-corrected chi connectivity index (χ1v) is 6.96. The molecule has 0 bridgehead atoms. The smallest absolute Gasteiger partial charge is 0.286 e. The number of hydrogen-bond acceptors (Lipinski definition) is 4. The molecule has 1 heterocycles. The zero-order valence-corrected chi connectivity index (χ0v) is 11.3. The van der Waals surface area contributed by atoms with Gasteiger partial charge in [-0.1, -0.05) is 12.8 Å². The molecule has 1 aromatic rings. The second-order valence-electron chi connectivity index (χ2n) is 5.01. The van der Waals surface area contributed by atoms with Gasteiger partial charge in [-0.15, -0.1) is 0 Å². The molecule has 1 saturated carbocycles. The van der Waals surface area contributed by atoms with Crippen LogP contribution in [0.25, 0.3) is 0 Å². The van der Waals surface area contributed by atoms with Crippen LogP contribution in [-0.4, -0.2) is 35.6 Å². The van der Waals surface area contributed by atoms with Crippen LogP contribution in [0.1, 0.15) is 42.7 Å². The van der Waals surface area contributed by atoms with E-state index in [1.807, 2.05) is 0 Å². The monoisotopic (exact) mass is 280 g/mol. The first kappa shape index (κ1) is 14.6. The Morgan fingerprint density at radius 3 is 2.85 bits per heavy atom. The summed E-state index contributed by atoms with van der Waals surface area (Å²) in [5.41, 5.74) is 0. The molecular formula is C14H20N2O4. The standard InChI is InChI=1S/C14H20N2O4/c17-11-5-2-1-4-10(11)16-13(18)7-8-15-14(19)12-6-3-9-20-12/h3,6,9-11,17H,1-2,4-5,7-8H2,(H,15,19)(H,16,18)/t10-,11-/m1/s1. The highest BCUT2D eigenvalue weighted by Crippen LogP contribution is 2.18. The SMILES string of the molecule is O=C(CCNC(=O)c1ccco1)N[C@@H]1CCCC[C@H]1O. The third-order valence-corrected chi connectivity index (χ3v) is 3.46. The Balaban J connectivity index is 1.66. The molecule has 0 aliphatic heterocycles. The average Bonchev–Trinajstić information content (AvgIpc) is 2.95. The number of rotatable bonds is 5. The summed E-state index contributed by atoms with van der Waals surface area (Å²) in [6.45, 7) is 0.244. The van der Waals surface area contributed by atoms with E-state index in [2.05, 4.69) is 10.6 Å². The normalized spacial score (nSPS) is 22.2. The third-order valence-electron chi connectivity index (χ3n) is 3.46. The molecule has 2 atom stereocenters. The summed E-state index contributed by atoms with van der Waals surface area (Å²) < 4.78 is 4.94. The minimum atomic E-state index is -0.453. The summed E-state index contributed by atoms with van der Waals surface area (Å²) in [6, 6.07) is 3.04. The number of hydrogen-bond donors (Lipinski definition) is 3. The molecule has 0 unspecified atom stereocenters. The van der Waals surface area contributed by atoms with Gasteiger partial charge in [0.2, 0.25) is 5.91 Å². The highest BCUT2D eigenvalue weighted by Gasteiger charge is 2.24. The van der Waals surface area contributed by atoms with Crippen LogP contribution in [0.3, 0.4) is 0 Å². The van der Waals surface area contributed by atoms with Crippen molar-refractivity contribution in [3.8, 4) is 0 Å². The maximum atomic E-state index is 11.7. The predicted octanol–water partition coefficient (Wildman–Crippen LogP) is 0.819. The minimum absolute atomic E-state index is 0.156. The van der Waals surface area contributed by atoms with Crippen LogP contribution in [0.4, 0.5) is 0 Å². The molecule has 3 N–H and O–H groups in total. The summed E-state index contributed by atoms with van der Waals surface area (Å²) in [6.07, 6.45) is 4.74. The summed E-state index contributed by atoms with van der Waals surface area (Å²) in [5, 5.41) is 15.2. The molecule has 110 valence electrons. The molecule has 6 nitrogen and oxygen atoms in total. The van der Waals surface area contributed by atoms with Crippen LogP contribution in [0, 0.1) is 0 Å². The Morgan fingerprint density at radius 2 is 2.15 bits per heavy atom. The Kier molecular flexibility index (Phi) is 5.17. The highest BCUT2D eigenvalue weighted by molar-refractivity contribution is 5.91. The minimum Gasteiger partial charge on any atom is -0.459 e. The van der Waals surface area contributed by atoms with Crippen LogP contribution >= 0.6 is 0 Å². The summed E-state index contributed by atoms with van der Waals surface area (Å²) in [7, 11) is 0. The second kappa shape index (κ2) is 7.09. The van der Waals surface area contributed by atoms with E-state index in [0.29, 0.717) is 0 Å². The lowest BCUT2D eigenvalue weighted by atomic mass is 9.92. The highest BCUT2D eigenvalue weighted by atomic mass is 16.3. The molecule has 1 aromatic heterocycles. The Hall–Kier alpha value is -1.82. The molecule has 0 radical (unpaired) electrons. The number of amides is 2. The van der Waals surface area contributed by atoms with E-state index in [9.17, 15) is 14.7 Å². The molecule has 0 aromatic carbocycles. The van der Waals surface area contributed by atoms with Crippen LogP contribution in [0.15, 0.2) is 22.8 Å². The Labute approximate surface area is 117 Å². The van der Waals surface area contributed by atoms with Crippen molar-refractivity contribution in [3.05, 3.63) is 24.2 Å². The van der Waals surface area contributed by atoms with Crippen LogP contribution in [-0.2, 0) is 4.79 Å². The number of aliphatic hydroxyl groups excluding tert-OH is 1. The van der Waals surface area contributed by atoms with Gasteiger partial charge in [-0.05, 0) is 25.0 Å². The van der Waals surface area contributed by atoms with Gasteiger partial charge >= 0.3 is 0 Å². The van der Waals surface area contributed by atoms with Crippen molar-refractivity contribution in [2.75, 3.05) is 6.54 Å². The maximum absolute atomic E-state index is 11.7. The fourth-order valence-electron chi connectivity index (χ4n) is 2.34. The average molecular weight is 280 g/mol. The largest absolute Gasteiger partial charge is 0.459 e. The van der Waals surface area contributed by atoms with Crippen molar-refractivity contribution >= 4 is 11.8 Å². The van der Waals surface area contributed by atoms with E-state index >= 15 is 0 Å². The van der Waals surface area contributed by atoms with Crippen molar-refractivity contribution in [2.24, 2.45) is 0 Å². The van der Waals surface area contributed by atoms with Gasteiger partial charge in [0.15, 0.2) is 5.76 Å². The molecule has 0 spiro atoms. The first-order valence-electron chi connectivity index (χ1n) is 6.96. The van der Waals surface area contributed by atoms with Gasteiger partial charge < -0.3 is 20.2 Å². The lowest BCUT2D eigenvalue weighted by molar-refractivity contribution is -0.122. The van der Waals surface area contributed by atoms with Gasteiger partial charge in [-0.25, -0.2) is 0 Å². The molecule has 1 fully saturated rings. The van der Waals surface area contributed by atoms with Crippen molar-refractivity contribution in [3.63, 3.8) is 0 Å². The predicted molar refractivity (Wildman–Crippen MR) is 72.1 cm³/mol. The third kappa shape index (κ3) is 4.09. The zero-order valence-electron chi connectivity index (χ0n) is 11.3. The Morgan fingerprint density at radius 1 is 1.35 bits per heavy atom. The van der Waals surface area contributed by atoms with Gasteiger partial charge in [0.05, 0.1) is 18.4 Å². The molecule has 2 amide bonds. The van der Waals surface area contributed by atoms with E-state index in [-0.39, 0.29) is 36.6 Å². The molecule has 0 saturated heterocycles. The maximum Gasteiger partial charge on any atom is 0.286 e. The quantitative estimate of drug-likeness (QED) is 0.744. The Bertz CT molecular complexity index is 444. The molecule has 6 heteroatoms. The van der Waals surface area contributed by atoms with E-state index < -0.39 is 6.10 Å². The number of furan rings is 1. The molecule has 2 rings (SSSR count). The van der Waals surface area contributed by atoms with Crippen molar-refractivity contribution in [2.45, 2.75) is 44.2 Å². The number of aliphatic hydroxyl groups is 1. The first-order chi connectivity index (χ1) is 9.66. The van der Waals surface area contributed by atoms with Gasteiger partial charge in [-0.2, -0.15) is 0 Å². The summed E-state index contributed by atoms with van der Waals surface area (Å²) >= 11 is 0. The molecular weight excluding hydrogens is 260 g/mol. The lowest BCUT2D eigenvalue weighted by Gasteiger charge is -2.28. The van der Waals surface area contributed by atoms with Gasteiger partial charge in [-0.3, -0.25) is 9.59 Å². The second-order valence-corrected chi connectivity index (χ2v) is 5.01. The van der Waals surface area contributed by atoms with Crippen molar-refractivity contribution < 1.29 is 19.1 Å². The number of nitrogens with one attached hydrogen (secondary N) is 2. The topological polar surface area (TPSA) is 91.6 Å². The van der Waals surface area contributed by atoms with Crippen LogP contribution < -0.4 is 10.6 Å². The zero-order chi connectivity index (χ0) is 14.4. The van der Waals surface area contributed by atoms with Gasteiger partial charge in [0.25, 0.3) is 5.91 Å².